The average Bonchev–Trinajstić information content (AvgIpc) is 2.96. The Morgan fingerprint density at radius 1 is 1.12 bits per heavy atom. The van der Waals surface area contributed by atoms with Gasteiger partial charge in [-0.3, -0.25) is 4.79 Å². The zero-order chi connectivity index (χ0) is 17.1. The van der Waals surface area contributed by atoms with Crippen LogP contribution in [0.2, 0.25) is 5.02 Å². The monoisotopic (exact) mass is 342 g/mol. The van der Waals surface area contributed by atoms with Gasteiger partial charge in [-0.2, -0.15) is 0 Å². The summed E-state index contributed by atoms with van der Waals surface area (Å²) >= 11 is 5.98. The van der Waals surface area contributed by atoms with Gasteiger partial charge in [0.15, 0.2) is 0 Å². The molecule has 1 heterocycles. The molecule has 0 aromatic heterocycles. The third-order valence-electron chi connectivity index (χ3n) is 3.53. The lowest BCUT2D eigenvalue weighted by atomic mass is 10.1. The van der Waals surface area contributed by atoms with Crippen LogP contribution in [0, 0.1) is 0 Å². The second-order valence-corrected chi connectivity index (χ2v) is 5.50. The number of hydrogen-bond donors (Lipinski definition) is 1. The zero-order valence-electron chi connectivity index (χ0n) is 13.2. The van der Waals surface area contributed by atoms with E-state index >= 15 is 0 Å². The van der Waals surface area contributed by atoms with Gasteiger partial charge >= 0.3 is 0 Å². The fraction of sp³-hybridized carbons (Fsp3) is 0.111. The Balaban J connectivity index is 1.97. The molecule has 1 aliphatic rings. The van der Waals surface area contributed by atoms with Gasteiger partial charge in [0.2, 0.25) is 0 Å². The predicted octanol–water partition coefficient (Wildman–Crippen LogP) is 3.27. The Morgan fingerprint density at radius 3 is 2.67 bits per heavy atom. The van der Waals surface area contributed by atoms with Gasteiger partial charge < -0.3 is 14.8 Å². The maximum absolute atomic E-state index is 12.2. The molecule has 5 nitrogen and oxygen atoms in total. The van der Waals surface area contributed by atoms with Crippen molar-refractivity contribution in [2.75, 3.05) is 14.2 Å². The van der Waals surface area contributed by atoms with Crippen LogP contribution in [0.3, 0.4) is 0 Å². The van der Waals surface area contributed by atoms with E-state index < -0.39 is 0 Å². The first kappa shape index (κ1) is 16.1. The maximum Gasteiger partial charge on any atom is 0.275 e. The molecule has 0 bridgehead atoms. The molecule has 1 aliphatic heterocycles. The van der Waals surface area contributed by atoms with Gasteiger partial charge in [-0.1, -0.05) is 23.7 Å². The van der Waals surface area contributed by atoms with Gasteiger partial charge in [0.25, 0.3) is 5.91 Å². The standard InChI is InChI=1S/C18H15ClN2O3/c1-23-14-7-6-11(16(10-14)24-2)9-15-18(22)21-17(20-15)12-4-3-5-13(19)8-12/h3-10H,1-2H3,(H,20,21,22)/b15-9+. The first-order valence-corrected chi connectivity index (χ1v) is 7.58. The maximum atomic E-state index is 12.2. The molecule has 0 spiro atoms. The molecule has 3 rings (SSSR count). The number of ether oxygens (including phenoxy) is 2. The summed E-state index contributed by atoms with van der Waals surface area (Å²) < 4.78 is 10.5. The first-order valence-electron chi connectivity index (χ1n) is 7.20. The lowest BCUT2D eigenvalue weighted by Gasteiger charge is -2.07. The van der Waals surface area contributed by atoms with Crippen LogP contribution >= 0.6 is 11.6 Å². The van der Waals surface area contributed by atoms with E-state index in [1.54, 1.807) is 50.6 Å². The molecular formula is C18H15ClN2O3. The van der Waals surface area contributed by atoms with Crippen molar-refractivity contribution < 1.29 is 14.3 Å². The van der Waals surface area contributed by atoms with Crippen molar-refractivity contribution in [3.63, 3.8) is 0 Å². The number of amides is 1. The van der Waals surface area contributed by atoms with Crippen molar-refractivity contribution in [2.45, 2.75) is 0 Å². The Hall–Kier alpha value is -2.79. The van der Waals surface area contributed by atoms with Crippen LogP contribution in [0.15, 0.2) is 53.2 Å². The summed E-state index contributed by atoms with van der Waals surface area (Å²) in [5.74, 6) is 1.47. The molecule has 24 heavy (non-hydrogen) atoms. The summed E-state index contributed by atoms with van der Waals surface area (Å²) in [4.78, 5) is 16.5. The fourth-order valence-corrected chi connectivity index (χ4v) is 2.52. The zero-order valence-corrected chi connectivity index (χ0v) is 13.9. The van der Waals surface area contributed by atoms with Crippen LogP contribution in [-0.4, -0.2) is 26.0 Å². The van der Waals surface area contributed by atoms with E-state index in [9.17, 15) is 4.79 Å². The van der Waals surface area contributed by atoms with Gasteiger partial charge in [0.05, 0.1) is 14.2 Å². The fourth-order valence-electron chi connectivity index (χ4n) is 2.33. The van der Waals surface area contributed by atoms with E-state index in [0.717, 1.165) is 11.1 Å². The van der Waals surface area contributed by atoms with Gasteiger partial charge in [0.1, 0.15) is 23.0 Å². The van der Waals surface area contributed by atoms with E-state index in [0.29, 0.717) is 28.1 Å². The van der Waals surface area contributed by atoms with E-state index in [1.807, 2.05) is 12.1 Å². The van der Waals surface area contributed by atoms with Gasteiger partial charge in [0, 0.05) is 22.2 Å². The lowest BCUT2D eigenvalue weighted by molar-refractivity contribution is -0.115. The highest BCUT2D eigenvalue weighted by Crippen LogP contribution is 2.27. The number of carbonyl (C=O) groups is 1. The van der Waals surface area contributed by atoms with E-state index in [-0.39, 0.29) is 5.91 Å². The molecule has 0 fully saturated rings. The Labute approximate surface area is 144 Å². The molecule has 2 aromatic carbocycles. The minimum Gasteiger partial charge on any atom is -0.497 e. The minimum atomic E-state index is -0.275. The largest absolute Gasteiger partial charge is 0.497 e. The molecule has 0 saturated heterocycles. The summed E-state index contributed by atoms with van der Waals surface area (Å²) in [5, 5.41) is 3.33. The topological polar surface area (TPSA) is 59.9 Å². The van der Waals surface area contributed by atoms with Crippen LogP contribution in [0.4, 0.5) is 0 Å². The van der Waals surface area contributed by atoms with Crippen LogP contribution in [0.1, 0.15) is 11.1 Å². The van der Waals surface area contributed by atoms with Crippen LogP contribution < -0.4 is 14.8 Å². The quantitative estimate of drug-likeness (QED) is 0.867. The van der Waals surface area contributed by atoms with Crippen LogP contribution in [0.5, 0.6) is 11.5 Å². The third-order valence-corrected chi connectivity index (χ3v) is 3.76. The Kier molecular flexibility index (Phi) is 4.53. The number of benzene rings is 2. The molecule has 0 unspecified atom stereocenters. The van der Waals surface area contributed by atoms with Gasteiger partial charge in [-0.25, -0.2) is 4.99 Å². The number of carbonyl (C=O) groups excluding carboxylic acids is 1. The number of rotatable bonds is 4. The summed E-state index contributed by atoms with van der Waals surface area (Å²) in [7, 11) is 3.14. The molecule has 0 saturated carbocycles. The molecule has 0 atom stereocenters. The highest BCUT2D eigenvalue weighted by atomic mass is 35.5. The van der Waals surface area contributed by atoms with Crippen molar-refractivity contribution in [1.29, 1.82) is 0 Å². The molecule has 0 radical (unpaired) electrons. The lowest BCUT2D eigenvalue weighted by Crippen LogP contribution is -2.24. The van der Waals surface area contributed by atoms with Crippen molar-refractivity contribution >= 4 is 29.4 Å². The number of nitrogens with one attached hydrogen (secondary N) is 1. The summed E-state index contributed by atoms with van der Waals surface area (Å²) in [6.45, 7) is 0. The summed E-state index contributed by atoms with van der Waals surface area (Å²) in [5.41, 5.74) is 1.79. The molecule has 122 valence electrons. The van der Waals surface area contributed by atoms with Crippen molar-refractivity contribution in [1.82, 2.24) is 5.32 Å². The number of halogens is 1. The summed E-state index contributed by atoms with van der Waals surface area (Å²) in [6, 6.07) is 12.5. The SMILES string of the molecule is COc1ccc(/C=C2/N=C(c3cccc(Cl)c3)NC2=O)c(OC)c1. The van der Waals surface area contributed by atoms with Crippen molar-refractivity contribution in [3.05, 3.63) is 64.3 Å². The number of aliphatic imine (C=N–C) groups is 1. The molecular weight excluding hydrogens is 328 g/mol. The molecule has 1 N–H and O–H groups in total. The van der Waals surface area contributed by atoms with Crippen molar-refractivity contribution in [3.8, 4) is 11.5 Å². The predicted molar refractivity (Wildman–Crippen MR) is 93.7 cm³/mol. The van der Waals surface area contributed by atoms with E-state index in [4.69, 9.17) is 21.1 Å². The highest BCUT2D eigenvalue weighted by Gasteiger charge is 2.21. The number of hydrogen-bond acceptors (Lipinski definition) is 4. The van der Waals surface area contributed by atoms with Crippen LogP contribution in [0.25, 0.3) is 6.08 Å². The second-order valence-electron chi connectivity index (χ2n) is 5.06. The molecule has 0 aliphatic carbocycles. The molecule has 1 amide bonds. The van der Waals surface area contributed by atoms with Crippen LogP contribution in [-0.2, 0) is 4.79 Å². The Bertz CT molecular complexity index is 859. The average molecular weight is 343 g/mol. The first-order chi connectivity index (χ1) is 11.6. The second kappa shape index (κ2) is 6.76. The minimum absolute atomic E-state index is 0.275. The number of amidine groups is 1. The molecule has 2 aromatic rings. The van der Waals surface area contributed by atoms with Crippen molar-refractivity contribution in [2.24, 2.45) is 4.99 Å². The number of nitrogens with zero attached hydrogens (tertiary/aromatic N) is 1. The van der Waals surface area contributed by atoms with Gasteiger partial charge in [-0.05, 0) is 30.3 Å². The molecule has 6 heteroatoms. The number of methoxy groups -OCH3 is 2. The van der Waals surface area contributed by atoms with E-state index in [1.165, 1.54) is 0 Å². The normalized spacial score (nSPS) is 15.2. The van der Waals surface area contributed by atoms with E-state index in [2.05, 4.69) is 10.3 Å². The summed E-state index contributed by atoms with van der Waals surface area (Å²) in [6.07, 6.45) is 1.67. The smallest absolute Gasteiger partial charge is 0.275 e. The Morgan fingerprint density at radius 2 is 1.96 bits per heavy atom. The highest BCUT2D eigenvalue weighted by molar-refractivity contribution is 6.31. The van der Waals surface area contributed by atoms with Gasteiger partial charge in [-0.15, -0.1) is 0 Å². The third kappa shape index (κ3) is 3.26.